The summed E-state index contributed by atoms with van der Waals surface area (Å²) in [7, 11) is 1.75. The number of nitrogens with zero attached hydrogens (tertiary/aromatic N) is 5. The topological polar surface area (TPSA) is 105 Å². The van der Waals surface area contributed by atoms with E-state index in [0.717, 1.165) is 60.9 Å². The molecular formula is C34H41N5O3. The third kappa shape index (κ3) is 6.04. The van der Waals surface area contributed by atoms with Crippen molar-refractivity contribution in [1.29, 1.82) is 5.26 Å². The summed E-state index contributed by atoms with van der Waals surface area (Å²) in [6.07, 6.45) is 8.09. The second kappa shape index (κ2) is 12.2. The Morgan fingerprint density at radius 3 is 2.55 bits per heavy atom. The molecule has 2 aromatic carbocycles. The van der Waals surface area contributed by atoms with Gasteiger partial charge < -0.3 is 9.84 Å². The molecule has 220 valence electrons. The Morgan fingerprint density at radius 2 is 1.90 bits per heavy atom. The van der Waals surface area contributed by atoms with Crippen LogP contribution in [0.1, 0.15) is 94.1 Å². The molecule has 1 aliphatic rings. The molecule has 0 bridgehead atoms. The summed E-state index contributed by atoms with van der Waals surface area (Å²) in [5.74, 6) is 0.579. The number of hydrogen-bond acceptors (Lipinski definition) is 6. The summed E-state index contributed by atoms with van der Waals surface area (Å²) in [4.78, 5) is 18.9. The Labute approximate surface area is 247 Å². The van der Waals surface area contributed by atoms with Crippen LogP contribution in [0.5, 0.6) is 0 Å². The minimum Gasteiger partial charge on any atom is -0.390 e. The summed E-state index contributed by atoms with van der Waals surface area (Å²) in [5, 5.41) is 24.9. The lowest BCUT2D eigenvalue weighted by Crippen LogP contribution is -2.41. The minimum absolute atomic E-state index is 0.0286. The van der Waals surface area contributed by atoms with Crippen molar-refractivity contribution < 1.29 is 9.84 Å². The predicted octanol–water partition coefficient (Wildman–Crippen LogP) is 6.02. The van der Waals surface area contributed by atoms with Gasteiger partial charge in [-0.05, 0) is 81.5 Å². The minimum atomic E-state index is -0.748. The molecule has 0 amide bonds. The van der Waals surface area contributed by atoms with Crippen molar-refractivity contribution in [2.45, 2.75) is 95.8 Å². The maximum absolute atomic E-state index is 14.4. The van der Waals surface area contributed by atoms with Gasteiger partial charge in [-0.1, -0.05) is 55.8 Å². The number of methoxy groups -OCH3 is 1. The summed E-state index contributed by atoms with van der Waals surface area (Å²) in [5.41, 5.74) is 3.88. The van der Waals surface area contributed by atoms with Gasteiger partial charge in [-0.25, -0.2) is 4.52 Å². The van der Waals surface area contributed by atoms with Gasteiger partial charge in [-0.2, -0.15) is 15.3 Å². The second-order valence-corrected chi connectivity index (χ2v) is 12.3. The lowest BCUT2D eigenvalue weighted by Gasteiger charge is -2.41. The molecule has 1 N–H and O–H groups in total. The molecule has 0 spiro atoms. The van der Waals surface area contributed by atoms with Gasteiger partial charge >= 0.3 is 0 Å². The maximum atomic E-state index is 14.4. The van der Waals surface area contributed by atoms with E-state index in [4.69, 9.17) is 4.74 Å². The van der Waals surface area contributed by atoms with Crippen molar-refractivity contribution in [3.8, 4) is 17.2 Å². The molecule has 42 heavy (non-hydrogen) atoms. The van der Waals surface area contributed by atoms with Gasteiger partial charge in [0.2, 0.25) is 5.78 Å². The van der Waals surface area contributed by atoms with Crippen molar-refractivity contribution in [3.63, 3.8) is 0 Å². The molecule has 8 nitrogen and oxygen atoms in total. The highest BCUT2D eigenvalue weighted by atomic mass is 16.5. The van der Waals surface area contributed by atoms with E-state index in [1.807, 2.05) is 71.5 Å². The predicted molar refractivity (Wildman–Crippen MR) is 163 cm³/mol. The van der Waals surface area contributed by atoms with Gasteiger partial charge in [-0.15, -0.1) is 0 Å². The molecular weight excluding hydrogens is 526 g/mol. The SMILES string of the molecule is CCCc1c(Cc2ccc(-c3ccccc3)c(C#N)c2)c(=O)n(C2CCC(CCC(C)(C)O)(OC)CC2)c2ncnn12. The van der Waals surface area contributed by atoms with Crippen LogP contribution in [0.3, 0.4) is 0 Å². The first-order chi connectivity index (χ1) is 20.2. The molecule has 2 heterocycles. The standard InChI is InChI=1S/C34H41N5O3/c1-5-9-30-29(21-24-12-13-28(26(20-24)22-35)25-10-7-6-8-11-25)31(40)38(32-36-23-37-39(30)32)27-14-16-34(42-4,17-15-27)19-18-33(2,3)41/h6-8,10-13,20,23,27,41H,5,9,14-19,21H2,1-4H3. The average Bonchev–Trinajstić information content (AvgIpc) is 3.48. The monoisotopic (exact) mass is 567 g/mol. The van der Waals surface area contributed by atoms with Crippen LogP contribution in [0.25, 0.3) is 16.9 Å². The van der Waals surface area contributed by atoms with Crippen LogP contribution in [-0.2, 0) is 17.6 Å². The summed E-state index contributed by atoms with van der Waals surface area (Å²) >= 11 is 0. The van der Waals surface area contributed by atoms with Gasteiger partial charge in [0.05, 0.1) is 28.5 Å². The van der Waals surface area contributed by atoms with Crippen molar-refractivity contribution in [2.75, 3.05) is 7.11 Å². The van der Waals surface area contributed by atoms with E-state index in [0.29, 0.717) is 36.2 Å². The average molecular weight is 568 g/mol. The van der Waals surface area contributed by atoms with E-state index >= 15 is 0 Å². The molecule has 2 aromatic heterocycles. The van der Waals surface area contributed by atoms with Crippen molar-refractivity contribution >= 4 is 5.78 Å². The largest absolute Gasteiger partial charge is 0.390 e. The number of benzene rings is 2. The molecule has 0 unspecified atom stereocenters. The number of aromatic nitrogens is 4. The maximum Gasteiger partial charge on any atom is 0.259 e. The number of aryl methyl sites for hydroxylation is 1. The normalized spacial score (nSPS) is 19.2. The second-order valence-electron chi connectivity index (χ2n) is 12.3. The first kappa shape index (κ1) is 29.7. The molecule has 0 radical (unpaired) electrons. The van der Waals surface area contributed by atoms with Crippen LogP contribution < -0.4 is 5.56 Å². The molecule has 4 aromatic rings. The Morgan fingerprint density at radius 1 is 1.17 bits per heavy atom. The zero-order chi connectivity index (χ0) is 29.9. The van der Waals surface area contributed by atoms with Gasteiger partial charge in [-0.3, -0.25) is 9.36 Å². The van der Waals surface area contributed by atoms with Gasteiger partial charge in [0.15, 0.2) is 0 Å². The van der Waals surface area contributed by atoms with E-state index in [9.17, 15) is 15.2 Å². The fourth-order valence-electron chi connectivity index (χ4n) is 6.42. The Balaban J connectivity index is 1.51. The molecule has 5 rings (SSSR count). The first-order valence-electron chi connectivity index (χ1n) is 15.0. The van der Waals surface area contributed by atoms with Gasteiger partial charge in [0, 0.05) is 25.1 Å². The molecule has 8 heteroatoms. The summed E-state index contributed by atoms with van der Waals surface area (Å²) in [6, 6.07) is 18.1. The van der Waals surface area contributed by atoms with Gasteiger partial charge in [0.1, 0.15) is 6.33 Å². The third-order valence-electron chi connectivity index (χ3n) is 8.84. The Bertz CT molecular complexity index is 1630. The highest BCUT2D eigenvalue weighted by Gasteiger charge is 2.38. The van der Waals surface area contributed by atoms with Crippen molar-refractivity contribution in [2.24, 2.45) is 0 Å². The number of nitriles is 1. The van der Waals surface area contributed by atoms with Crippen LogP contribution in [0, 0.1) is 11.3 Å². The van der Waals surface area contributed by atoms with Crippen LogP contribution >= 0.6 is 0 Å². The van der Waals surface area contributed by atoms with Crippen LogP contribution in [0.2, 0.25) is 0 Å². The van der Waals surface area contributed by atoms with E-state index in [1.165, 1.54) is 6.33 Å². The van der Waals surface area contributed by atoms with Gasteiger partial charge in [0.25, 0.3) is 5.56 Å². The number of aliphatic hydroxyl groups is 1. The first-order valence-corrected chi connectivity index (χ1v) is 15.0. The third-order valence-corrected chi connectivity index (χ3v) is 8.84. The number of hydrogen-bond donors (Lipinski definition) is 1. The number of ether oxygens (including phenoxy) is 1. The fourth-order valence-corrected chi connectivity index (χ4v) is 6.42. The smallest absolute Gasteiger partial charge is 0.259 e. The lowest BCUT2D eigenvalue weighted by molar-refractivity contribution is -0.0684. The number of fused-ring (bicyclic) bond motifs is 1. The highest BCUT2D eigenvalue weighted by Crippen LogP contribution is 2.41. The van der Waals surface area contributed by atoms with E-state index in [-0.39, 0.29) is 17.2 Å². The van der Waals surface area contributed by atoms with Crippen LogP contribution in [-0.4, -0.2) is 42.6 Å². The van der Waals surface area contributed by atoms with E-state index in [2.05, 4.69) is 23.1 Å². The van der Waals surface area contributed by atoms with Crippen molar-refractivity contribution in [3.05, 3.63) is 87.6 Å². The summed E-state index contributed by atoms with van der Waals surface area (Å²) in [6.45, 7) is 5.76. The zero-order valence-electron chi connectivity index (χ0n) is 25.1. The zero-order valence-corrected chi connectivity index (χ0v) is 25.1. The van der Waals surface area contributed by atoms with Crippen LogP contribution in [0.4, 0.5) is 0 Å². The van der Waals surface area contributed by atoms with Crippen molar-refractivity contribution in [1.82, 2.24) is 19.2 Å². The molecule has 0 atom stereocenters. The fraction of sp³-hybridized carbons (Fsp3) is 0.471. The summed E-state index contributed by atoms with van der Waals surface area (Å²) < 4.78 is 9.71. The quantitative estimate of drug-likeness (QED) is 0.251. The Kier molecular flexibility index (Phi) is 8.63. The molecule has 1 aliphatic carbocycles. The molecule has 1 fully saturated rings. The number of rotatable bonds is 10. The molecule has 1 saturated carbocycles. The highest BCUT2D eigenvalue weighted by molar-refractivity contribution is 5.71. The van der Waals surface area contributed by atoms with Crippen LogP contribution in [0.15, 0.2) is 59.7 Å². The molecule has 0 aliphatic heterocycles. The van der Waals surface area contributed by atoms with E-state index < -0.39 is 5.60 Å². The Hall–Kier alpha value is -3.80. The molecule has 0 saturated heterocycles. The lowest BCUT2D eigenvalue weighted by atomic mass is 9.77. The van der Waals surface area contributed by atoms with E-state index in [1.54, 1.807) is 7.11 Å².